The van der Waals surface area contributed by atoms with Crippen molar-refractivity contribution in [3.05, 3.63) is 0 Å². The predicted octanol–water partition coefficient (Wildman–Crippen LogP) is 1.35. The molecule has 0 radical (unpaired) electrons. The maximum Gasteiger partial charge on any atom is 0.0164 e. The summed E-state index contributed by atoms with van der Waals surface area (Å²) in [6.07, 6.45) is 0. The second-order valence-corrected chi connectivity index (χ2v) is 8.20. The molecule has 0 saturated carbocycles. The number of hydrogen-bond acceptors (Lipinski definition) is 2. The van der Waals surface area contributed by atoms with E-state index >= 15 is 0 Å². The lowest BCUT2D eigenvalue weighted by atomic mass is 10.6. The zero-order valence-corrected chi connectivity index (χ0v) is 8.13. The molecule has 0 N–H and O–H groups in total. The van der Waals surface area contributed by atoms with Crippen LogP contribution >= 0.6 is 22.8 Å². The summed E-state index contributed by atoms with van der Waals surface area (Å²) < 4.78 is 2.17. The van der Waals surface area contributed by atoms with Gasteiger partial charge < -0.3 is 0 Å². The molecule has 10 heavy (non-hydrogen) atoms. The zero-order valence-electron chi connectivity index (χ0n) is 6.42. The molecule has 0 aromatic rings. The second kappa shape index (κ2) is 2.32. The van der Waals surface area contributed by atoms with Gasteiger partial charge in [-0.15, -0.1) is 0 Å². The third kappa shape index (κ3) is 1.08. The Morgan fingerprint density at radius 1 is 1.40 bits per heavy atom. The summed E-state index contributed by atoms with van der Waals surface area (Å²) in [5.74, 6) is 4.50. The lowest BCUT2D eigenvalue weighted by Gasteiger charge is -2.32. The molecule has 2 aliphatic rings. The van der Waals surface area contributed by atoms with Crippen LogP contribution in [0.1, 0.15) is 6.92 Å². The number of rotatable bonds is 0. The van der Waals surface area contributed by atoms with Crippen molar-refractivity contribution in [1.29, 1.82) is 0 Å². The second-order valence-electron chi connectivity index (χ2n) is 3.45. The first kappa shape index (κ1) is 7.32. The van der Waals surface area contributed by atoms with Crippen LogP contribution in [0.25, 0.3) is 0 Å². The fourth-order valence-electron chi connectivity index (χ4n) is 1.79. The number of nitrogens with zero attached hydrogens (tertiary/aromatic N) is 1. The highest BCUT2D eigenvalue weighted by Gasteiger charge is 2.46. The first-order valence-electron chi connectivity index (χ1n) is 3.92. The van der Waals surface area contributed by atoms with Crippen molar-refractivity contribution >= 4 is 22.8 Å². The van der Waals surface area contributed by atoms with Crippen molar-refractivity contribution in [2.24, 2.45) is 0 Å². The van der Waals surface area contributed by atoms with Gasteiger partial charge in [0.1, 0.15) is 0 Å². The summed E-state index contributed by atoms with van der Waals surface area (Å²) in [4.78, 5) is 0. The Bertz CT molecular complexity index is 141. The van der Waals surface area contributed by atoms with Crippen molar-refractivity contribution in [2.75, 3.05) is 30.3 Å². The molecular weight excluding hydrogens is 162 g/mol. The van der Waals surface area contributed by atoms with Crippen LogP contribution in [0, 0.1) is 0 Å². The van der Waals surface area contributed by atoms with Gasteiger partial charge in [-0.1, -0.05) is 19.7 Å². The van der Waals surface area contributed by atoms with Gasteiger partial charge in [0.2, 0.25) is 0 Å². The molecule has 2 saturated heterocycles. The molecular formula is C7H15NS2. The number of thiol groups is 1. The summed E-state index contributed by atoms with van der Waals surface area (Å²) in [6, 6.07) is 0. The van der Waals surface area contributed by atoms with E-state index in [-0.39, 0.29) is 10.0 Å². The third-order valence-electron chi connectivity index (χ3n) is 2.82. The largest absolute Gasteiger partial charge is 0.252 e. The zero-order chi connectivity index (χ0) is 7.19. The van der Waals surface area contributed by atoms with E-state index in [0.717, 1.165) is 5.25 Å². The molecule has 2 rings (SSSR count). The van der Waals surface area contributed by atoms with Crippen LogP contribution in [0.5, 0.6) is 0 Å². The Hall–Kier alpha value is 0.660. The Morgan fingerprint density at radius 2 is 1.90 bits per heavy atom. The summed E-state index contributed by atoms with van der Waals surface area (Å²) >= 11 is 4.34. The van der Waals surface area contributed by atoms with Crippen LogP contribution in [0.15, 0.2) is 0 Å². The van der Waals surface area contributed by atoms with Crippen molar-refractivity contribution in [1.82, 2.24) is 4.31 Å². The monoisotopic (exact) mass is 177 g/mol. The minimum absolute atomic E-state index is 0.0349. The minimum Gasteiger partial charge on any atom is -0.252 e. The van der Waals surface area contributed by atoms with E-state index in [4.69, 9.17) is 0 Å². The Balaban J connectivity index is 1.93. The van der Waals surface area contributed by atoms with Crippen LogP contribution in [0.4, 0.5) is 0 Å². The molecule has 0 bridgehead atoms. The van der Waals surface area contributed by atoms with Gasteiger partial charge in [-0.3, -0.25) is 4.31 Å². The van der Waals surface area contributed by atoms with Crippen LogP contribution in [0.2, 0.25) is 0 Å². The Labute approximate surface area is 70.0 Å². The standard InChI is InChI=1S/C7H15NS2/c1-7-6-10(7)4-2-8(9)3-5-10/h7,9H,2-6H2,1H3. The van der Waals surface area contributed by atoms with E-state index in [1.807, 2.05) is 0 Å². The molecule has 0 aromatic heterocycles. The molecule has 2 fully saturated rings. The Kier molecular flexibility index (Phi) is 1.70. The summed E-state index contributed by atoms with van der Waals surface area (Å²) in [6.45, 7) is 4.90. The van der Waals surface area contributed by atoms with Gasteiger partial charge in [0.25, 0.3) is 0 Å². The molecule has 1 nitrogen and oxygen atoms in total. The Morgan fingerprint density at radius 3 is 2.30 bits per heavy atom. The molecule has 2 heterocycles. The van der Waals surface area contributed by atoms with E-state index in [0.29, 0.717) is 0 Å². The highest BCUT2D eigenvalue weighted by molar-refractivity contribution is 8.40. The third-order valence-corrected chi connectivity index (χ3v) is 7.82. The highest BCUT2D eigenvalue weighted by atomic mass is 32.3. The smallest absolute Gasteiger partial charge is 0.0164 e. The normalized spacial score (nSPS) is 41.6. The molecule has 0 amide bonds. The average molecular weight is 177 g/mol. The van der Waals surface area contributed by atoms with Gasteiger partial charge in [0.05, 0.1) is 0 Å². The van der Waals surface area contributed by atoms with Gasteiger partial charge in [-0.25, -0.2) is 10.0 Å². The van der Waals surface area contributed by atoms with Gasteiger partial charge in [0.15, 0.2) is 0 Å². The predicted molar refractivity (Wildman–Crippen MR) is 52.2 cm³/mol. The van der Waals surface area contributed by atoms with E-state index in [1.165, 1.54) is 24.6 Å². The lowest BCUT2D eigenvalue weighted by Crippen LogP contribution is -2.28. The van der Waals surface area contributed by atoms with Gasteiger partial charge in [-0.05, 0) is 22.5 Å². The van der Waals surface area contributed by atoms with Crippen LogP contribution in [-0.4, -0.2) is 39.9 Å². The van der Waals surface area contributed by atoms with Crippen LogP contribution in [0.3, 0.4) is 0 Å². The topological polar surface area (TPSA) is 3.24 Å². The molecule has 60 valence electrons. The average Bonchev–Trinajstić information content (AvgIpc) is 2.53. The van der Waals surface area contributed by atoms with Crippen molar-refractivity contribution in [2.45, 2.75) is 12.2 Å². The molecule has 2 aliphatic heterocycles. The SMILES string of the molecule is CC1CS12CCN(S)CC2. The van der Waals surface area contributed by atoms with Crippen molar-refractivity contribution < 1.29 is 0 Å². The first-order chi connectivity index (χ1) is 4.73. The molecule has 1 atom stereocenters. The molecule has 3 heteroatoms. The fourth-order valence-corrected chi connectivity index (χ4v) is 6.20. The minimum atomic E-state index is -0.0349. The lowest BCUT2D eigenvalue weighted by molar-refractivity contribution is 0.526. The quantitative estimate of drug-likeness (QED) is 0.432. The molecule has 0 aromatic carbocycles. The highest BCUT2D eigenvalue weighted by Crippen LogP contribution is 2.68. The number of hydrogen-bond donors (Lipinski definition) is 1. The molecule has 1 spiro atoms. The van der Waals surface area contributed by atoms with E-state index in [1.54, 1.807) is 5.75 Å². The fraction of sp³-hybridized carbons (Fsp3) is 1.00. The maximum absolute atomic E-state index is 4.34. The van der Waals surface area contributed by atoms with E-state index in [2.05, 4.69) is 24.0 Å². The van der Waals surface area contributed by atoms with E-state index < -0.39 is 0 Å². The van der Waals surface area contributed by atoms with Gasteiger partial charge in [-0.2, -0.15) is 0 Å². The first-order valence-corrected chi connectivity index (χ1v) is 6.52. The summed E-state index contributed by atoms with van der Waals surface area (Å²) in [5.41, 5.74) is 0. The molecule has 0 aliphatic carbocycles. The van der Waals surface area contributed by atoms with Gasteiger partial charge in [0, 0.05) is 13.1 Å². The van der Waals surface area contributed by atoms with Crippen LogP contribution in [-0.2, 0) is 0 Å². The summed E-state index contributed by atoms with van der Waals surface area (Å²) in [5, 5.41) is 1.09. The summed E-state index contributed by atoms with van der Waals surface area (Å²) in [7, 11) is -0.0349. The molecule has 1 unspecified atom stereocenters. The van der Waals surface area contributed by atoms with Crippen molar-refractivity contribution in [3.8, 4) is 0 Å². The van der Waals surface area contributed by atoms with Crippen molar-refractivity contribution in [3.63, 3.8) is 0 Å². The maximum atomic E-state index is 4.34. The van der Waals surface area contributed by atoms with E-state index in [9.17, 15) is 0 Å². The van der Waals surface area contributed by atoms with Crippen LogP contribution < -0.4 is 0 Å². The van der Waals surface area contributed by atoms with Gasteiger partial charge >= 0.3 is 0 Å².